The number of anilines is 2. The third-order valence-corrected chi connectivity index (χ3v) is 6.89. The van der Waals surface area contributed by atoms with E-state index in [9.17, 15) is 13.6 Å². The van der Waals surface area contributed by atoms with Gasteiger partial charge < -0.3 is 14.8 Å². The van der Waals surface area contributed by atoms with Crippen molar-refractivity contribution >= 4 is 64.1 Å². The van der Waals surface area contributed by atoms with Crippen molar-refractivity contribution in [3.8, 4) is 17.1 Å². The molecule has 0 unspecified atom stereocenters. The van der Waals surface area contributed by atoms with Gasteiger partial charge in [0, 0.05) is 33.6 Å². The Morgan fingerprint density at radius 3 is 2.64 bits per heavy atom. The van der Waals surface area contributed by atoms with E-state index in [0.717, 1.165) is 28.3 Å². The molecule has 4 aromatic rings. The first-order valence-electron chi connectivity index (χ1n) is 10.3. The average molecular weight is 565 g/mol. The van der Waals surface area contributed by atoms with E-state index < -0.39 is 5.82 Å². The lowest BCUT2D eigenvalue weighted by Crippen LogP contribution is -2.10. The highest BCUT2D eigenvalue weighted by atomic mass is 35.5. The molecule has 0 radical (unpaired) electrons. The number of carbonyl (C=O) groups is 1. The van der Waals surface area contributed by atoms with E-state index in [2.05, 4.69) is 19.4 Å². The van der Waals surface area contributed by atoms with Gasteiger partial charge in [0.15, 0.2) is 5.75 Å². The first kappa shape index (κ1) is 26.2. The summed E-state index contributed by atoms with van der Waals surface area (Å²) in [5, 5.41) is 3.26. The van der Waals surface area contributed by atoms with Gasteiger partial charge in [-0.2, -0.15) is 4.37 Å². The number of halogens is 3. The van der Waals surface area contributed by atoms with E-state index in [1.165, 1.54) is 41.9 Å². The van der Waals surface area contributed by atoms with Crippen LogP contribution in [0, 0.1) is 11.6 Å². The van der Waals surface area contributed by atoms with Crippen LogP contribution < -0.4 is 14.8 Å². The first-order valence-corrected chi connectivity index (χ1v) is 13.9. The van der Waals surface area contributed by atoms with Crippen LogP contribution in [0.25, 0.3) is 11.4 Å². The highest BCUT2D eigenvalue weighted by molar-refractivity contribution is 7.99. The van der Waals surface area contributed by atoms with Gasteiger partial charge in [-0.05, 0) is 65.8 Å². The second kappa shape index (κ2) is 11.9. The molecule has 0 aliphatic rings. The maximum Gasteiger partial charge on any atom is 0.267 e. The standard InChI is InChI=1S/C24H19ClF2N4O2S3/c1-34-19-4-13(3-15(26)7-19)12-33-21-8-16(27)11-28-23(21)20-10-22(36-31-20)24(32)29-17-5-14(25)6-18(9-17)30-35-2/h3-11,30H,12H2,1-2H3,(H,29,32). The van der Waals surface area contributed by atoms with Gasteiger partial charge in [-0.3, -0.25) is 4.79 Å². The molecule has 0 saturated carbocycles. The Labute approximate surface area is 224 Å². The van der Waals surface area contributed by atoms with Crippen LogP contribution >= 0.6 is 46.8 Å². The summed E-state index contributed by atoms with van der Waals surface area (Å²) in [4.78, 5) is 18.0. The number of pyridine rings is 1. The topological polar surface area (TPSA) is 76.1 Å². The zero-order chi connectivity index (χ0) is 25.7. The Hall–Kier alpha value is -2.86. The lowest BCUT2D eigenvalue weighted by molar-refractivity contribution is 0.103. The van der Waals surface area contributed by atoms with Gasteiger partial charge in [0.25, 0.3) is 5.91 Å². The minimum Gasteiger partial charge on any atom is -0.486 e. The van der Waals surface area contributed by atoms with Crippen LogP contribution in [-0.2, 0) is 6.61 Å². The van der Waals surface area contributed by atoms with Gasteiger partial charge in [-0.15, -0.1) is 11.8 Å². The number of thioether (sulfide) groups is 1. The molecule has 0 aliphatic carbocycles. The maximum atomic E-state index is 14.0. The Balaban J connectivity index is 1.53. The number of hydrogen-bond acceptors (Lipinski definition) is 8. The molecule has 2 heterocycles. The SMILES string of the molecule is CSNc1cc(Cl)cc(NC(=O)c2cc(-c3ncc(F)cc3OCc3cc(F)cc(SC)c3)ns2)c1. The van der Waals surface area contributed by atoms with Crippen molar-refractivity contribution < 1.29 is 18.3 Å². The van der Waals surface area contributed by atoms with Crippen LogP contribution in [0.5, 0.6) is 5.75 Å². The zero-order valence-corrected chi connectivity index (χ0v) is 22.2. The summed E-state index contributed by atoms with van der Waals surface area (Å²) < 4.78 is 41.0. The number of aromatic nitrogens is 2. The summed E-state index contributed by atoms with van der Waals surface area (Å²) in [5.41, 5.74) is 2.46. The molecule has 2 aromatic heterocycles. The molecule has 36 heavy (non-hydrogen) atoms. The number of carbonyl (C=O) groups excluding carboxylic acids is 1. The molecule has 2 N–H and O–H groups in total. The summed E-state index contributed by atoms with van der Waals surface area (Å²) >= 11 is 9.92. The van der Waals surface area contributed by atoms with Gasteiger partial charge in [0.1, 0.15) is 34.5 Å². The van der Waals surface area contributed by atoms with Gasteiger partial charge in [-0.1, -0.05) is 23.5 Å². The van der Waals surface area contributed by atoms with E-state index in [1.807, 2.05) is 12.5 Å². The van der Waals surface area contributed by atoms with Gasteiger partial charge in [-0.25, -0.2) is 13.8 Å². The summed E-state index contributed by atoms with van der Waals surface area (Å²) in [6, 6.07) is 12.4. The van der Waals surface area contributed by atoms with Crippen LogP contribution in [0.1, 0.15) is 15.2 Å². The minimum absolute atomic E-state index is 0.00210. The quantitative estimate of drug-likeness (QED) is 0.162. The Kier molecular flexibility index (Phi) is 8.68. The lowest BCUT2D eigenvalue weighted by atomic mass is 10.2. The summed E-state index contributed by atoms with van der Waals surface area (Å²) in [5.74, 6) is -1.24. The molecule has 0 saturated heterocycles. The van der Waals surface area contributed by atoms with Crippen molar-refractivity contribution in [2.24, 2.45) is 0 Å². The second-order valence-electron chi connectivity index (χ2n) is 7.35. The number of nitrogens with zero attached hydrogens (tertiary/aromatic N) is 2. The first-order chi connectivity index (χ1) is 17.3. The Bertz CT molecular complexity index is 1400. The van der Waals surface area contributed by atoms with Gasteiger partial charge in [0.2, 0.25) is 0 Å². The van der Waals surface area contributed by atoms with E-state index in [-0.39, 0.29) is 29.8 Å². The van der Waals surface area contributed by atoms with E-state index in [1.54, 1.807) is 30.3 Å². The van der Waals surface area contributed by atoms with Crippen molar-refractivity contribution in [3.63, 3.8) is 0 Å². The minimum atomic E-state index is -0.596. The fraction of sp³-hybridized carbons (Fsp3) is 0.125. The number of ether oxygens (including phenoxy) is 1. The molecule has 0 bridgehead atoms. The van der Waals surface area contributed by atoms with Gasteiger partial charge >= 0.3 is 0 Å². The highest BCUT2D eigenvalue weighted by Gasteiger charge is 2.18. The largest absolute Gasteiger partial charge is 0.486 e. The second-order valence-corrected chi connectivity index (χ2v) is 10.1. The lowest BCUT2D eigenvalue weighted by Gasteiger charge is -2.10. The average Bonchev–Trinajstić information content (AvgIpc) is 3.32. The fourth-order valence-electron chi connectivity index (χ4n) is 3.23. The zero-order valence-electron chi connectivity index (χ0n) is 19.0. The number of nitrogens with one attached hydrogen (secondary N) is 2. The molecular formula is C24H19ClF2N4O2S3. The van der Waals surface area contributed by atoms with Gasteiger partial charge in [0.05, 0.1) is 6.20 Å². The van der Waals surface area contributed by atoms with Crippen molar-refractivity contribution in [1.29, 1.82) is 0 Å². The molecule has 1 amide bonds. The molecule has 0 spiro atoms. The molecule has 2 aromatic carbocycles. The summed E-state index contributed by atoms with van der Waals surface area (Å²) in [7, 11) is 0. The highest BCUT2D eigenvalue weighted by Crippen LogP contribution is 2.31. The predicted octanol–water partition coefficient (Wildman–Crippen LogP) is 7.38. The number of rotatable bonds is 9. The van der Waals surface area contributed by atoms with E-state index in [0.29, 0.717) is 26.8 Å². The molecule has 0 fully saturated rings. The Morgan fingerprint density at radius 1 is 1.06 bits per heavy atom. The fourth-order valence-corrected chi connectivity index (χ4v) is 4.95. The number of benzene rings is 2. The van der Waals surface area contributed by atoms with E-state index in [4.69, 9.17) is 16.3 Å². The monoisotopic (exact) mass is 564 g/mol. The maximum absolute atomic E-state index is 14.0. The molecule has 0 aliphatic heterocycles. The predicted molar refractivity (Wildman–Crippen MR) is 144 cm³/mol. The van der Waals surface area contributed by atoms with Crippen LogP contribution in [0.3, 0.4) is 0 Å². The smallest absolute Gasteiger partial charge is 0.267 e. The molecular weight excluding hydrogens is 546 g/mol. The van der Waals surface area contributed by atoms with Crippen molar-refractivity contribution in [3.05, 3.63) is 81.8 Å². The molecule has 4 rings (SSSR count). The number of hydrogen-bond donors (Lipinski definition) is 2. The van der Waals surface area contributed by atoms with Crippen LogP contribution in [0.4, 0.5) is 20.2 Å². The Morgan fingerprint density at radius 2 is 1.86 bits per heavy atom. The van der Waals surface area contributed by atoms with Crippen LogP contribution in [0.2, 0.25) is 5.02 Å². The molecule has 12 heteroatoms. The van der Waals surface area contributed by atoms with Crippen LogP contribution in [-0.4, -0.2) is 27.8 Å². The van der Waals surface area contributed by atoms with Crippen molar-refractivity contribution in [2.45, 2.75) is 11.5 Å². The third kappa shape index (κ3) is 6.67. The summed E-state index contributed by atoms with van der Waals surface area (Å²) in [6.07, 6.45) is 4.76. The van der Waals surface area contributed by atoms with Crippen LogP contribution in [0.15, 0.2) is 59.6 Å². The summed E-state index contributed by atoms with van der Waals surface area (Å²) in [6.45, 7) is 0.00210. The van der Waals surface area contributed by atoms with E-state index >= 15 is 0 Å². The molecule has 6 nitrogen and oxygen atoms in total. The van der Waals surface area contributed by atoms with Crippen molar-refractivity contribution in [1.82, 2.24) is 9.36 Å². The molecule has 186 valence electrons. The molecule has 0 atom stereocenters. The third-order valence-electron chi connectivity index (χ3n) is 4.73. The van der Waals surface area contributed by atoms with Crippen molar-refractivity contribution in [2.75, 3.05) is 22.6 Å². The number of amides is 1. The normalized spacial score (nSPS) is 10.8.